The Labute approximate surface area is 122 Å². The highest BCUT2D eigenvalue weighted by molar-refractivity contribution is 6.32. The topological polar surface area (TPSA) is 93.5 Å². The van der Waals surface area contributed by atoms with E-state index in [0.29, 0.717) is 16.5 Å². The first kappa shape index (κ1) is 16.3. The van der Waals surface area contributed by atoms with Crippen molar-refractivity contribution in [3.63, 3.8) is 0 Å². The molecule has 0 aliphatic carbocycles. The minimum absolute atomic E-state index is 0.0810. The lowest BCUT2D eigenvalue weighted by Crippen LogP contribution is -2.36. The van der Waals surface area contributed by atoms with E-state index in [4.69, 9.17) is 22.1 Å². The minimum atomic E-state index is -0.398. The van der Waals surface area contributed by atoms with Gasteiger partial charge in [0.15, 0.2) is 5.75 Å². The van der Waals surface area contributed by atoms with E-state index in [2.05, 4.69) is 10.6 Å². The predicted molar refractivity (Wildman–Crippen MR) is 77.9 cm³/mol. The lowest BCUT2D eigenvalue weighted by Gasteiger charge is -2.16. The number of amides is 2. The highest BCUT2D eigenvalue weighted by atomic mass is 35.5. The first-order valence-corrected chi connectivity index (χ1v) is 6.53. The summed E-state index contributed by atoms with van der Waals surface area (Å²) >= 11 is 6.04. The maximum atomic E-state index is 11.7. The number of benzene rings is 1. The number of carbonyl (C=O) groups is 2. The van der Waals surface area contributed by atoms with Crippen LogP contribution in [0.1, 0.15) is 13.8 Å². The van der Waals surface area contributed by atoms with Gasteiger partial charge >= 0.3 is 0 Å². The maximum Gasteiger partial charge on any atom is 0.243 e. The zero-order chi connectivity index (χ0) is 15.1. The molecule has 110 valence electrons. The summed E-state index contributed by atoms with van der Waals surface area (Å²) in [6.45, 7) is 3.39. The van der Waals surface area contributed by atoms with Gasteiger partial charge in [0.05, 0.1) is 29.9 Å². The van der Waals surface area contributed by atoms with E-state index >= 15 is 0 Å². The first-order chi connectivity index (χ1) is 9.43. The zero-order valence-corrected chi connectivity index (χ0v) is 12.2. The number of halogens is 1. The molecule has 0 radical (unpaired) electrons. The molecular formula is C13H18ClN3O3. The van der Waals surface area contributed by atoms with Gasteiger partial charge < -0.3 is 21.1 Å². The van der Waals surface area contributed by atoms with Crippen LogP contribution in [-0.2, 0) is 9.59 Å². The Morgan fingerprint density at radius 3 is 2.65 bits per heavy atom. The Kier molecular flexibility index (Phi) is 6.27. The van der Waals surface area contributed by atoms with Crippen molar-refractivity contribution >= 4 is 29.1 Å². The Hall–Kier alpha value is -1.79. The fourth-order valence-corrected chi connectivity index (χ4v) is 1.63. The van der Waals surface area contributed by atoms with Crippen molar-refractivity contribution in [1.29, 1.82) is 0 Å². The summed E-state index contributed by atoms with van der Waals surface area (Å²) in [4.78, 5) is 22.7. The highest BCUT2D eigenvalue weighted by Gasteiger charge is 2.13. The van der Waals surface area contributed by atoms with Crippen molar-refractivity contribution in [3.8, 4) is 5.75 Å². The number of hydrogen-bond donors (Lipinski definition) is 3. The SMILES string of the molecule is CC(C)Oc1c(Cl)cccc1NC(=O)CNC(=O)CN. The Bertz CT molecular complexity index is 492. The summed E-state index contributed by atoms with van der Waals surface area (Å²) < 4.78 is 5.57. The number of anilines is 1. The van der Waals surface area contributed by atoms with Crippen LogP contribution >= 0.6 is 11.6 Å². The van der Waals surface area contributed by atoms with Gasteiger partial charge in [-0.15, -0.1) is 0 Å². The van der Waals surface area contributed by atoms with Gasteiger partial charge in [0.1, 0.15) is 0 Å². The highest BCUT2D eigenvalue weighted by Crippen LogP contribution is 2.33. The van der Waals surface area contributed by atoms with Gasteiger partial charge in [0.25, 0.3) is 0 Å². The first-order valence-electron chi connectivity index (χ1n) is 6.15. The standard InChI is InChI=1S/C13H18ClN3O3/c1-8(2)20-13-9(14)4-3-5-10(13)17-12(19)7-16-11(18)6-15/h3-5,8H,6-7,15H2,1-2H3,(H,16,18)(H,17,19). The van der Waals surface area contributed by atoms with Gasteiger partial charge in [-0.2, -0.15) is 0 Å². The van der Waals surface area contributed by atoms with Gasteiger partial charge in [0.2, 0.25) is 11.8 Å². The summed E-state index contributed by atoms with van der Waals surface area (Å²) in [5.74, 6) is -0.379. The van der Waals surface area contributed by atoms with Crippen LogP contribution < -0.4 is 21.1 Å². The second-order valence-corrected chi connectivity index (χ2v) is 4.72. The molecule has 20 heavy (non-hydrogen) atoms. The molecule has 0 heterocycles. The van der Waals surface area contributed by atoms with Crippen molar-refractivity contribution < 1.29 is 14.3 Å². The fraction of sp³-hybridized carbons (Fsp3) is 0.385. The number of nitrogens with one attached hydrogen (secondary N) is 2. The van der Waals surface area contributed by atoms with E-state index in [1.54, 1.807) is 18.2 Å². The number of ether oxygens (including phenoxy) is 1. The van der Waals surface area contributed by atoms with Crippen LogP contribution in [0, 0.1) is 0 Å². The average molecular weight is 300 g/mol. The van der Waals surface area contributed by atoms with Crippen molar-refractivity contribution in [2.45, 2.75) is 20.0 Å². The molecule has 0 atom stereocenters. The van der Waals surface area contributed by atoms with Gasteiger partial charge in [0, 0.05) is 0 Å². The van der Waals surface area contributed by atoms with E-state index in [0.717, 1.165) is 0 Å². The molecular weight excluding hydrogens is 282 g/mol. The van der Waals surface area contributed by atoms with Crippen molar-refractivity contribution in [2.24, 2.45) is 5.73 Å². The number of rotatable bonds is 6. The molecule has 1 aromatic rings. The van der Waals surface area contributed by atoms with Crippen LogP contribution in [-0.4, -0.2) is 31.0 Å². The van der Waals surface area contributed by atoms with Crippen molar-refractivity contribution in [3.05, 3.63) is 23.2 Å². The number of carbonyl (C=O) groups excluding carboxylic acids is 2. The third kappa shape index (κ3) is 5.07. The van der Waals surface area contributed by atoms with E-state index in [-0.39, 0.29) is 25.1 Å². The number of para-hydroxylation sites is 1. The Balaban J connectivity index is 2.74. The third-order valence-corrected chi connectivity index (χ3v) is 2.52. The third-order valence-electron chi connectivity index (χ3n) is 2.23. The molecule has 0 aromatic heterocycles. The number of nitrogens with two attached hydrogens (primary N) is 1. The molecule has 4 N–H and O–H groups in total. The average Bonchev–Trinajstić information content (AvgIpc) is 2.39. The van der Waals surface area contributed by atoms with Crippen LogP contribution in [0.5, 0.6) is 5.75 Å². The normalized spacial score (nSPS) is 10.2. The molecule has 0 fully saturated rings. The Morgan fingerprint density at radius 1 is 1.35 bits per heavy atom. The van der Waals surface area contributed by atoms with Gasteiger partial charge in [-0.1, -0.05) is 17.7 Å². The largest absolute Gasteiger partial charge is 0.487 e. The van der Waals surface area contributed by atoms with E-state index in [9.17, 15) is 9.59 Å². The van der Waals surface area contributed by atoms with Gasteiger partial charge in [-0.05, 0) is 26.0 Å². The molecule has 1 rings (SSSR count). The van der Waals surface area contributed by atoms with Gasteiger partial charge in [-0.25, -0.2) is 0 Å². The minimum Gasteiger partial charge on any atom is -0.487 e. The molecule has 0 saturated heterocycles. The fourth-order valence-electron chi connectivity index (χ4n) is 1.41. The Morgan fingerprint density at radius 2 is 2.05 bits per heavy atom. The second kappa shape index (κ2) is 7.72. The molecule has 6 nitrogen and oxygen atoms in total. The van der Waals surface area contributed by atoms with Crippen LogP contribution in [0.2, 0.25) is 5.02 Å². The summed E-state index contributed by atoms with van der Waals surface area (Å²) in [5, 5.41) is 5.41. The molecule has 0 unspecified atom stereocenters. The molecule has 2 amide bonds. The van der Waals surface area contributed by atoms with Crippen molar-refractivity contribution in [1.82, 2.24) is 5.32 Å². The van der Waals surface area contributed by atoms with E-state index < -0.39 is 5.91 Å². The lowest BCUT2D eigenvalue weighted by molar-refractivity contribution is -0.123. The summed E-state index contributed by atoms with van der Waals surface area (Å²) in [6, 6.07) is 5.04. The monoisotopic (exact) mass is 299 g/mol. The molecule has 7 heteroatoms. The molecule has 1 aromatic carbocycles. The quantitative estimate of drug-likeness (QED) is 0.734. The van der Waals surface area contributed by atoms with Crippen molar-refractivity contribution in [2.75, 3.05) is 18.4 Å². The van der Waals surface area contributed by atoms with E-state index in [1.165, 1.54) is 0 Å². The smallest absolute Gasteiger partial charge is 0.243 e. The van der Waals surface area contributed by atoms with Crippen LogP contribution in [0.25, 0.3) is 0 Å². The zero-order valence-electron chi connectivity index (χ0n) is 11.4. The molecule has 0 aliphatic heterocycles. The lowest BCUT2D eigenvalue weighted by atomic mass is 10.2. The van der Waals surface area contributed by atoms with Gasteiger partial charge in [-0.3, -0.25) is 9.59 Å². The molecule has 0 aliphatic rings. The van der Waals surface area contributed by atoms with E-state index in [1.807, 2.05) is 13.8 Å². The summed E-state index contributed by atoms with van der Waals surface area (Å²) in [7, 11) is 0. The van der Waals surface area contributed by atoms with Crippen LogP contribution in [0.15, 0.2) is 18.2 Å². The molecule has 0 saturated carbocycles. The summed E-state index contributed by atoms with van der Waals surface area (Å²) in [6.07, 6.45) is -0.0810. The number of hydrogen-bond acceptors (Lipinski definition) is 4. The predicted octanol–water partition coefficient (Wildman–Crippen LogP) is 1.14. The van der Waals surface area contributed by atoms with Crippen LogP contribution in [0.4, 0.5) is 5.69 Å². The van der Waals surface area contributed by atoms with Crippen LogP contribution in [0.3, 0.4) is 0 Å². The molecule has 0 spiro atoms. The molecule has 0 bridgehead atoms. The maximum absolute atomic E-state index is 11.7. The second-order valence-electron chi connectivity index (χ2n) is 4.31. The summed E-state index contributed by atoms with van der Waals surface area (Å²) in [5.41, 5.74) is 5.59.